The molecule has 1 aliphatic heterocycles. The molecule has 2 heterocycles. The molecule has 4 rings (SSSR count). The Balaban J connectivity index is 1.40. The van der Waals surface area contributed by atoms with Crippen molar-refractivity contribution >= 4 is 5.91 Å². The summed E-state index contributed by atoms with van der Waals surface area (Å²) in [4.78, 5) is 19.1. The number of benzene rings is 1. The average molecular weight is 355 g/mol. The molecule has 2 aromatic rings. The van der Waals surface area contributed by atoms with E-state index in [0.717, 1.165) is 30.7 Å². The van der Waals surface area contributed by atoms with Crippen LogP contribution in [0.1, 0.15) is 61.7 Å². The van der Waals surface area contributed by atoms with Crippen LogP contribution in [0.25, 0.3) is 0 Å². The van der Waals surface area contributed by atoms with Crippen molar-refractivity contribution in [1.82, 2.24) is 15.0 Å². The van der Waals surface area contributed by atoms with Crippen molar-refractivity contribution in [2.24, 2.45) is 0 Å². The van der Waals surface area contributed by atoms with E-state index >= 15 is 0 Å². The summed E-state index contributed by atoms with van der Waals surface area (Å²) in [5.74, 6) is 2.38. The molecule has 2 fully saturated rings. The summed E-state index contributed by atoms with van der Waals surface area (Å²) in [6.07, 6.45) is 7.10. The smallest absolute Gasteiger partial charge is 0.231 e. The van der Waals surface area contributed by atoms with Crippen molar-refractivity contribution in [3.8, 4) is 5.75 Å². The van der Waals surface area contributed by atoms with Crippen LogP contribution in [0.4, 0.5) is 0 Å². The Morgan fingerprint density at radius 3 is 2.69 bits per heavy atom. The minimum atomic E-state index is 0.0535. The Hall–Kier alpha value is -2.37. The van der Waals surface area contributed by atoms with Crippen molar-refractivity contribution in [2.75, 3.05) is 13.7 Å². The number of hydrogen-bond acceptors (Lipinski definition) is 5. The van der Waals surface area contributed by atoms with Gasteiger partial charge in [-0.2, -0.15) is 4.98 Å². The number of hydrogen-bond donors (Lipinski definition) is 0. The van der Waals surface area contributed by atoms with Gasteiger partial charge in [0.15, 0.2) is 5.82 Å². The van der Waals surface area contributed by atoms with Crippen LogP contribution in [0.2, 0.25) is 0 Å². The number of likely N-dealkylation sites (tertiary alicyclic amines) is 1. The first kappa shape index (κ1) is 17.1. The summed E-state index contributed by atoms with van der Waals surface area (Å²) in [6, 6.07) is 8.24. The molecule has 0 bridgehead atoms. The summed E-state index contributed by atoms with van der Waals surface area (Å²) < 4.78 is 10.6. The molecule has 1 saturated carbocycles. The second-order valence-electron chi connectivity index (χ2n) is 7.31. The third kappa shape index (κ3) is 3.59. The van der Waals surface area contributed by atoms with Gasteiger partial charge in [-0.25, -0.2) is 0 Å². The number of carbonyl (C=O) groups is 1. The standard InChI is InChI=1S/C20H25N3O3/c1-25-17-9-7-14(8-10-17)11-18-21-20(22-26-18)15-12-19(24)23(13-15)16-5-3-2-4-6-16/h7-10,15-16H,2-6,11-13H2,1H3. The van der Waals surface area contributed by atoms with E-state index in [-0.39, 0.29) is 11.8 Å². The first-order chi connectivity index (χ1) is 12.7. The fourth-order valence-corrected chi connectivity index (χ4v) is 4.07. The molecule has 1 aromatic heterocycles. The summed E-state index contributed by atoms with van der Waals surface area (Å²) in [5, 5.41) is 4.15. The molecule has 1 aliphatic carbocycles. The lowest BCUT2D eigenvalue weighted by Crippen LogP contribution is -2.37. The van der Waals surface area contributed by atoms with Crippen LogP contribution in [0, 0.1) is 0 Å². The van der Waals surface area contributed by atoms with E-state index < -0.39 is 0 Å². The normalized spacial score (nSPS) is 21.3. The third-order valence-electron chi connectivity index (χ3n) is 5.54. The lowest BCUT2D eigenvalue weighted by molar-refractivity contribution is -0.130. The number of methoxy groups -OCH3 is 1. The molecule has 1 amide bonds. The van der Waals surface area contributed by atoms with E-state index in [1.54, 1.807) is 7.11 Å². The van der Waals surface area contributed by atoms with E-state index in [9.17, 15) is 4.79 Å². The Bertz CT molecular complexity index is 750. The van der Waals surface area contributed by atoms with E-state index in [1.165, 1.54) is 19.3 Å². The Labute approximate surface area is 153 Å². The summed E-state index contributed by atoms with van der Waals surface area (Å²) >= 11 is 0. The highest BCUT2D eigenvalue weighted by molar-refractivity contribution is 5.79. The number of amides is 1. The number of ether oxygens (including phenoxy) is 1. The number of rotatable bonds is 5. The molecule has 0 spiro atoms. The third-order valence-corrected chi connectivity index (χ3v) is 5.54. The van der Waals surface area contributed by atoms with E-state index in [4.69, 9.17) is 9.26 Å². The van der Waals surface area contributed by atoms with Crippen molar-refractivity contribution < 1.29 is 14.1 Å². The first-order valence-corrected chi connectivity index (χ1v) is 9.48. The van der Waals surface area contributed by atoms with E-state index in [1.807, 2.05) is 24.3 Å². The molecule has 138 valence electrons. The van der Waals surface area contributed by atoms with Crippen LogP contribution in [-0.4, -0.2) is 40.6 Å². The molecule has 1 aromatic carbocycles. The second kappa shape index (κ2) is 7.48. The predicted molar refractivity (Wildman–Crippen MR) is 96.0 cm³/mol. The highest BCUT2D eigenvalue weighted by Crippen LogP contribution is 2.32. The van der Waals surface area contributed by atoms with Crippen LogP contribution in [0.15, 0.2) is 28.8 Å². The fourth-order valence-electron chi connectivity index (χ4n) is 4.07. The zero-order chi connectivity index (χ0) is 17.9. The molecular weight excluding hydrogens is 330 g/mol. The summed E-state index contributed by atoms with van der Waals surface area (Å²) in [7, 11) is 1.65. The first-order valence-electron chi connectivity index (χ1n) is 9.48. The minimum Gasteiger partial charge on any atom is -0.497 e. The van der Waals surface area contributed by atoms with Gasteiger partial charge in [0.05, 0.1) is 13.5 Å². The quantitative estimate of drug-likeness (QED) is 0.823. The van der Waals surface area contributed by atoms with Gasteiger partial charge in [0.2, 0.25) is 11.8 Å². The van der Waals surface area contributed by atoms with Gasteiger partial charge in [-0.1, -0.05) is 36.6 Å². The largest absolute Gasteiger partial charge is 0.497 e. The van der Waals surface area contributed by atoms with Gasteiger partial charge in [0, 0.05) is 24.9 Å². The van der Waals surface area contributed by atoms with Crippen molar-refractivity contribution in [2.45, 2.75) is 56.9 Å². The maximum atomic E-state index is 12.4. The predicted octanol–water partition coefficient (Wildman–Crippen LogP) is 3.32. The Morgan fingerprint density at radius 2 is 1.96 bits per heavy atom. The molecule has 26 heavy (non-hydrogen) atoms. The van der Waals surface area contributed by atoms with Crippen LogP contribution in [-0.2, 0) is 11.2 Å². The van der Waals surface area contributed by atoms with Gasteiger partial charge in [-0.15, -0.1) is 0 Å². The topological polar surface area (TPSA) is 68.5 Å². The van der Waals surface area contributed by atoms with Crippen LogP contribution in [0.3, 0.4) is 0 Å². The van der Waals surface area contributed by atoms with Gasteiger partial charge >= 0.3 is 0 Å². The lowest BCUT2D eigenvalue weighted by atomic mass is 9.94. The molecule has 0 N–H and O–H groups in total. The van der Waals surface area contributed by atoms with Crippen LogP contribution in [0.5, 0.6) is 5.75 Å². The Kier molecular flexibility index (Phi) is 4.91. The highest BCUT2D eigenvalue weighted by atomic mass is 16.5. The molecular formula is C20H25N3O3. The second-order valence-corrected chi connectivity index (χ2v) is 7.31. The van der Waals surface area contributed by atoms with Crippen LogP contribution < -0.4 is 4.74 Å². The molecule has 1 atom stereocenters. The fraction of sp³-hybridized carbons (Fsp3) is 0.550. The number of carbonyl (C=O) groups excluding carboxylic acids is 1. The zero-order valence-corrected chi connectivity index (χ0v) is 15.2. The maximum Gasteiger partial charge on any atom is 0.231 e. The van der Waals surface area contributed by atoms with Crippen molar-refractivity contribution in [3.05, 3.63) is 41.5 Å². The number of nitrogens with zero attached hydrogens (tertiary/aromatic N) is 3. The molecule has 6 heteroatoms. The van der Waals surface area contributed by atoms with Gasteiger partial charge in [0.1, 0.15) is 5.75 Å². The highest BCUT2D eigenvalue weighted by Gasteiger charge is 2.37. The Morgan fingerprint density at radius 1 is 1.19 bits per heavy atom. The number of aromatic nitrogens is 2. The summed E-state index contributed by atoms with van der Waals surface area (Å²) in [6.45, 7) is 0.727. The summed E-state index contributed by atoms with van der Waals surface area (Å²) in [5.41, 5.74) is 1.09. The maximum absolute atomic E-state index is 12.4. The van der Waals surface area contributed by atoms with Gasteiger partial charge in [-0.3, -0.25) is 4.79 Å². The monoisotopic (exact) mass is 355 g/mol. The van der Waals surface area contributed by atoms with Crippen molar-refractivity contribution in [1.29, 1.82) is 0 Å². The molecule has 1 unspecified atom stereocenters. The SMILES string of the molecule is COc1ccc(Cc2nc(C3CC(=O)N(C4CCCCC4)C3)no2)cc1. The van der Waals surface area contributed by atoms with Gasteiger partial charge in [-0.05, 0) is 30.5 Å². The van der Waals surface area contributed by atoms with E-state index in [2.05, 4.69) is 15.0 Å². The molecule has 6 nitrogen and oxygen atoms in total. The van der Waals surface area contributed by atoms with E-state index in [0.29, 0.717) is 30.6 Å². The average Bonchev–Trinajstić information content (AvgIpc) is 3.30. The molecule has 1 saturated heterocycles. The van der Waals surface area contributed by atoms with Crippen LogP contribution >= 0.6 is 0 Å². The van der Waals surface area contributed by atoms with Gasteiger partial charge in [0.25, 0.3) is 0 Å². The zero-order valence-electron chi connectivity index (χ0n) is 15.2. The molecule has 2 aliphatic rings. The van der Waals surface area contributed by atoms with Gasteiger partial charge < -0.3 is 14.2 Å². The molecule has 0 radical (unpaired) electrons. The minimum absolute atomic E-state index is 0.0535. The lowest BCUT2D eigenvalue weighted by Gasteiger charge is -2.31. The van der Waals surface area contributed by atoms with Crippen molar-refractivity contribution in [3.63, 3.8) is 0 Å².